The first-order valence-electron chi connectivity index (χ1n) is 7.38. The first-order valence-corrected chi connectivity index (χ1v) is 7.76. The van der Waals surface area contributed by atoms with Gasteiger partial charge in [-0.05, 0) is 37.0 Å². The number of nitrogens with two attached hydrogens (primary N) is 1. The Kier molecular flexibility index (Phi) is 3.54. The van der Waals surface area contributed by atoms with Crippen LogP contribution in [-0.2, 0) is 16.9 Å². The van der Waals surface area contributed by atoms with Gasteiger partial charge in [0.25, 0.3) is 5.91 Å². The fourth-order valence-electron chi connectivity index (χ4n) is 2.96. The number of aldehydes is 1. The molecule has 0 bridgehead atoms. The largest absolute Gasteiger partial charge is 0.324 e. The molecule has 2 aliphatic rings. The zero-order valence-corrected chi connectivity index (χ0v) is 12.8. The van der Waals surface area contributed by atoms with E-state index in [0.29, 0.717) is 23.6 Å². The van der Waals surface area contributed by atoms with Crippen LogP contribution in [0, 0.1) is 0 Å². The molecule has 0 aromatic heterocycles. The molecule has 112 valence electrons. The zero-order valence-electron chi connectivity index (χ0n) is 12.1. The lowest BCUT2D eigenvalue weighted by Crippen LogP contribution is -2.36. The molecule has 1 aliphatic heterocycles. The Morgan fingerprint density at radius 1 is 1.48 bits per heavy atom. The summed E-state index contributed by atoms with van der Waals surface area (Å²) in [5, 5.41) is 0.580. The van der Waals surface area contributed by atoms with Gasteiger partial charge < -0.3 is 15.4 Å². The molecule has 1 aromatic rings. The number of rotatable bonds is 5. The molecular weight excluding hydrogens is 288 g/mol. The first-order chi connectivity index (χ1) is 10.00. The Morgan fingerprint density at radius 2 is 2.19 bits per heavy atom. The molecule has 0 saturated heterocycles. The lowest BCUT2D eigenvalue weighted by molar-refractivity contribution is -0.112. The third-order valence-electron chi connectivity index (χ3n) is 4.52. The highest BCUT2D eigenvalue weighted by molar-refractivity contribution is 6.32. The molecule has 3 rings (SSSR count). The predicted octanol–water partition coefficient (Wildman–Crippen LogP) is 2.61. The van der Waals surface area contributed by atoms with Crippen molar-refractivity contribution in [1.82, 2.24) is 4.90 Å². The average Bonchev–Trinajstić information content (AvgIpc) is 3.13. The Labute approximate surface area is 129 Å². The van der Waals surface area contributed by atoms with E-state index in [-0.39, 0.29) is 17.5 Å². The van der Waals surface area contributed by atoms with Crippen LogP contribution >= 0.6 is 11.6 Å². The number of nitrogens with zero attached hydrogens (tertiary/aromatic N) is 1. The zero-order chi connectivity index (χ0) is 15.2. The highest BCUT2D eigenvalue weighted by Gasteiger charge is 2.42. The molecule has 2 N–H and O–H groups in total. The summed E-state index contributed by atoms with van der Waals surface area (Å²) in [5.41, 5.74) is 8.24. The fourth-order valence-corrected chi connectivity index (χ4v) is 3.24. The Morgan fingerprint density at radius 3 is 2.76 bits per heavy atom. The molecular formula is C16H19ClN2O2. The van der Waals surface area contributed by atoms with Gasteiger partial charge in [0, 0.05) is 28.2 Å². The van der Waals surface area contributed by atoms with E-state index in [9.17, 15) is 9.59 Å². The van der Waals surface area contributed by atoms with Crippen LogP contribution in [-0.4, -0.2) is 23.1 Å². The summed E-state index contributed by atoms with van der Waals surface area (Å²) < 4.78 is 0. The van der Waals surface area contributed by atoms with Crippen LogP contribution in [0.15, 0.2) is 12.1 Å². The van der Waals surface area contributed by atoms with Gasteiger partial charge in [-0.15, -0.1) is 0 Å². The second kappa shape index (κ2) is 5.11. The summed E-state index contributed by atoms with van der Waals surface area (Å²) in [5.74, 6) is -0.108. The van der Waals surface area contributed by atoms with E-state index >= 15 is 0 Å². The summed E-state index contributed by atoms with van der Waals surface area (Å²) in [6.07, 6.45) is 4.23. The number of hydrogen-bond donors (Lipinski definition) is 1. The number of amides is 1. The van der Waals surface area contributed by atoms with Crippen LogP contribution in [0.5, 0.6) is 0 Å². The van der Waals surface area contributed by atoms with Crippen LogP contribution in [0.4, 0.5) is 0 Å². The van der Waals surface area contributed by atoms with Gasteiger partial charge in [0.1, 0.15) is 6.29 Å². The quantitative estimate of drug-likeness (QED) is 0.851. The van der Waals surface area contributed by atoms with E-state index in [1.807, 2.05) is 19.1 Å². The smallest absolute Gasteiger partial charge is 0.255 e. The maximum Gasteiger partial charge on any atom is 0.255 e. The molecule has 1 aromatic carbocycles. The van der Waals surface area contributed by atoms with E-state index in [1.165, 1.54) is 0 Å². The van der Waals surface area contributed by atoms with Crippen LogP contribution in [0.25, 0.3) is 0 Å². The summed E-state index contributed by atoms with van der Waals surface area (Å²) in [4.78, 5) is 25.5. The maximum absolute atomic E-state index is 12.6. The van der Waals surface area contributed by atoms with E-state index in [4.69, 9.17) is 17.3 Å². The van der Waals surface area contributed by atoms with Crippen LogP contribution in [0.3, 0.4) is 0 Å². The Balaban J connectivity index is 1.96. The van der Waals surface area contributed by atoms with Gasteiger partial charge in [0.15, 0.2) is 0 Å². The van der Waals surface area contributed by atoms with Gasteiger partial charge in [0.05, 0.1) is 6.04 Å². The number of fused-ring (bicyclic) bond motifs is 1. The van der Waals surface area contributed by atoms with Crippen molar-refractivity contribution in [1.29, 1.82) is 0 Å². The lowest BCUT2D eigenvalue weighted by Gasteiger charge is -2.22. The lowest BCUT2D eigenvalue weighted by atomic mass is 10.00. The number of halogens is 1. The highest BCUT2D eigenvalue weighted by Crippen LogP contribution is 2.45. The van der Waals surface area contributed by atoms with Crippen LogP contribution in [0.2, 0.25) is 5.02 Å². The summed E-state index contributed by atoms with van der Waals surface area (Å²) in [6.45, 7) is 2.41. The van der Waals surface area contributed by atoms with Gasteiger partial charge in [0.2, 0.25) is 0 Å². The first kappa shape index (κ1) is 14.5. The van der Waals surface area contributed by atoms with Gasteiger partial charge >= 0.3 is 0 Å². The van der Waals surface area contributed by atoms with Crippen molar-refractivity contribution < 1.29 is 9.59 Å². The molecule has 1 amide bonds. The van der Waals surface area contributed by atoms with Gasteiger partial charge in [-0.25, -0.2) is 0 Å². The predicted molar refractivity (Wildman–Crippen MR) is 81.2 cm³/mol. The number of carbonyl (C=O) groups is 2. The molecule has 1 aliphatic carbocycles. The molecule has 1 atom stereocenters. The third kappa shape index (κ3) is 2.36. The average molecular weight is 307 g/mol. The number of carbonyl (C=O) groups excluding carboxylic acids is 2. The maximum atomic E-state index is 12.6. The van der Waals surface area contributed by atoms with Crippen LogP contribution < -0.4 is 5.73 Å². The summed E-state index contributed by atoms with van der Waals surface area (Å²) in [7, 11) is 0. The van der Waals surface area contributed by atoms with E-state index in [0.717, 1.165) is 36.7 Å². The minimum atomic E-state index is -0.373. The molecule has 21 heavy (non-hydrogen) atoms. The van der Waals surface area contributed by atoms with Crippen molar-refractivity contribution in [3.63, 3.8) is 0 Å². The molecule has 4 nitrogen and oxygen atoms in total. The van der Waals surface area contributed by atoms with Crippen molar-refractivity contribution in [2.24, 2.45) is 5.73 Å². The number of hydrogen-bond acceptors (Lipinski definition) is 3. The SMILES string of the molecule is CCCC(C=O)N1Cc2c(Cl)cc(C3(N)CC3)cc2C1=O. The monoisotopic (exact) mass is 306 g/mol. The Hall–Kier alpha value is -1.39. The van der Waals surface area contributed by atoms with Crippen molar-refractivity contribution in [2.45, 2.75) is 50.7 Å². The van der Waals surface area contributed by atoms with Gasteiger partial charge in [-0.2, -0.15) is 0 Å². The minimum Gasteiger partial charge on any atom is -0.324 e. The van der Waals surface area contributed by atoms with Crippen molar-refractivity contribution in [2.75, 3.05) is 0 Å². The molecule has 5 heteroatoms. The molecule has 0 spiro atoms. The van der Waals surface area contributed by atoms with Crippen molar-refractivity contribution >= 4 is 23.8 Å². The van der Waals surface area contributed by atoms with Gasteiger partial charge in [-0.1, -0.05) is 24.9 Å². The topological polar surface area (TPSA) is 63.4 Å². The van der Waals surface area contributed by atoms with Gasteiger partial charge in [-0.3, -0.25) is 4.79 Å². The van der Waals surface area contributed by atoms with E-state index < -0.39 is 0 Å². The number of benzene rings is 1. The molecule has 1 unspecified atom stereocenters. The Bertz CT molecular complexity index is 611. The fraction of sp³-hybridized carbons (Fsp3) is 0.500. The van der Waals surface area contributed by atoms with E-state index in [1.54, 1.807) is 4.90 Å². The van der Waals surface area contributed by atoms with Crippen molar-refractivity contribution in [3.8, 4) is 0 Å². The minimum absolute atomic E-state index is 0.108. The standard InChI is InChI=1S/C16H19ClN2O2/c1-2-3-11(9-20)19-8-13-12(15(19)21)6-10(7-14(13)17)16(18)4-5-16/h6-7,9,11H,2-5,8,18H2,1H3. The van der Waals surface area contributed by atoms with Crippen molar-refractivity contribution in [3.05, 3.63) is 33.8 Å². The molecule has 0 radical (unpaired) electrons. The normalized spacial score (nSPS) is 20.3. The van der Waals surface area contributed by atoms with E-state index in [2.05, 4.69) is 0 Å². The summed E-state index contributed by atoms with van der Waals surface area (Å²) >= 11 is 6.34. The molecule has 1 fully saturated rings. The second-order valence-electron chi connectivity index (χ2n) is 6.07. The molecule has 1 saturated carbocycles. The third-order valence-corrected chi connectivity index (χ3v) is 4.86. The summed E-state index contributed by atoms with van der Waals surface area (Å²) in [6, 6.07) is 3.37. The highest BCUT2D eigenvalue weighted by atomic mass is 35.5. The molecule has 1 heterocycles. The van der Waals surface area contributed by atoms with Crippen LogP contribution in [0.1, 0.15) is 54.1 Å². The second-order valence-corrected chi connectivity index (χ2v) is 6.47.